The highest BCUT2D eigenvalue weighted by atomic mass is 35.5. The van der Waals surface area contributed by atoms with Gasteiger partial charge in [0.1, 0.15) is 11.6 Å². The number of hydrogen-bond acceptors (Lipinski definition) is 5. The van der Waals surface area contributed by atoms with Gasteiger partial charge in [-0.05, 0) is 69.6 Å². The van der Waals surface area contributed by atoms with Crippen LogP contribution in [0.25, 0.3) is 0 Å². The minimum Gasteiger partial charge on any atom is -0.492 e. The molecule has 0 radical (unpaired) electrons. The molecule has 1 fully saturated rings. The average molecular weight is 417 g/mol. The van der Waals surface area contributed by atoms with Crippen LogP contribution in [0.4, 0.5) is 11.5 Å². The van der Waals surface area contributed by atoms with Gasteiger partial charge in [0.15, 0.2) is 0 Å². The zero-order chi connectivity index (χ0) is 20.8. The molecule has 156 valence electrons. The summed E-state index contributed by atoms with van der Waals surface area (Å²) in [6, 6.07) is 10.3. The summed E-state index contributed by atoms with van der Waals surface area (Å²) in [7, 11) is 0. The monoisotopic (exact) mass is 416 g/mol. The lowest BCUT2D eigenvalue weighted by molar-refractivity contribution is -0.114. The molecule has 2 aromatic rings. The quantitative estimate of drug-likeness (QED) is 0.709. The van der Waals surface area contributed by atoms with E-state index in [4.69, 9.17) is 16.3 Å². The lowest BCUT2D eigenvalue weighted by atomic mass is 10.0. The molecule has 1 aromatic carbocycles. The van der Waals surface area contributed by atoms with Gasteiger partial charge in [0, 0.05) is 19.5 Å². The van der Waals surface area contributed by atoms with Gasteiger partial charge in [0.05, 0.1) is 23.0 Å². The van der Waals surface area contributed by atoms with Gasteiger partial charge in [-0.25, -0.2) is 4.98 Å². The average Bonchev–Trinajstić information content (AvgIpc) is 2.69. The summed E-state index contributed by atoms with van der Waals surface area (Å²) in [5.74, 6) is 1.17. The second kappa shape index (κ2) is 9.94. The molecule has 29 heavy (non-hydrogen) atoms. The lowest BCUT2D eigenvalue weighted by Crippen LogP contribution is -2.43. The van der Waals surface area contributed by atoms with Crippen LogP contribution in [0.1, 0.15) is 37.9 Å². The van der Waals surface area contributed by atoms with E-state index >= 15 is 0 Å². The number of rotatable bonds is 7. The maximum absolute atomic E-state index is 11.4. The Morgan fingerprint density at radius 2 is 2.07 bits per heavy atom. The Bertz CT molecular complexity index is 853. The van der Waals surface area contributed by atoms with Crippen molar-refractivity contribution < 1.29 is 9.53 Å². The normalized spacial score (nSPS) is 14.5. The molecule has 0 aliphatic carbocycles. The van der Waals surface area contributed by atoms with E-state index in [2.05, 4.69) is 26.6 Å². The van der Waals surface area contributed by atoms with E-state index in [1.807, 2.05) is 38.1 Å². The van der Waals surface area contributed by atoms with Crippen LogP contribution >= 0.6 is 11.6 Å². The Morgan fingerprint density at radius 1 is 1.31 bits per heavy atom. The highest BCUT2D eigenvalue weighted by Gasteiger charge is 2.24. The van der Waals surface area contributed by atoms with Crippen molar-refractivity contribution in [3.63, 3.8) is 0 Å². The first-order chi connectivity index (χ1) is 14.0. The maximum atomic E-state index is 11.4. The maximum Gasteiger partial charge on any atom is 0.222 e. The molecule has 6 nitrogen and oxygen atoms in total. The first-order valence-corrected chi connectivity index (χ1v) is 10.5. The number of hydrogen-bond donors (Lipinski definition) is 2. The minimum atomic E-state index is -0.121. The third-order valence-corrected chi connectivity index (χ3v) is 5.38. The van der Waals surface area contributed by atoms with Crippen molar-refractivity contribution in [1.29, 1.82) is 0 Å². The third-order valence-electron chi connectivity index (χ3n) is 5.07. The van der Waals surface area contributed by atoms with Crippen LogP contribution in [0.5, 0.6) is 5.75 Å². The van der Waals surface area contributed by atoms with E-state index in [0.29, 0.717) is 29.2 Å². The fraction of sp³-hybridized carbons (Fsp3) is 0.455. The van der Waals surface area contributed by atoms with Gasteiger partial charge in [-0.2, -0.15) is 0 Å². The fourth-order valence-electron chi connectivity index (χ4n) is 3.75. The van der Waals surface area contributed by atoms with Crippen molar-refractivity contribution >= 4 is 29.0 Å². The second-order valence-corrected chi connectivity index (χ2v) is 7.70. The standard InChI is InChI=1S/C22H29ClN4O2/c1-4-29-21-13-17(5-6-19(21)23)14-27(18-9-11-24-12-10-18)20-7-8-22(25-15(20)2)26-16(3)28/h5-8,13,18,24H,4,9-12,14H2,1-3H3,(H,25,26,28). The summed E-state index contributed by atoms with van der Waals surface area (Å²) in [5.41, 5.74) is 3.12. The van der Waals surface area contributed by atoms with Gasteiger partial charge in [-0.15, -0.1) is 0 Å². The Kier molecular flexibility index (Phi) is 7.34. The fourth-order valence-corrected chi connectivity index (χ4v) is 3.92. The number of nitrogens with one attached hydrogen (secondary N) is 2. The molecule has 0 atom stereocenters. The van der Waals surface area contributed by atoms with Crippen molar-refractivity contribution in [1.82, 2.24) is 10.3 Å². The van der Waals surface area contributed by atoms with Gasteiger partial charge < -0.3 is 20.3 Å². The molecule has 1 amide bonds. The largest absolute Gasteiger partial charge is 0.492 e. The summed E-state index contributed by atoms with van der Waals surface area (Å²) >= 11 is 6.27. The molecular weight excluding hydrogens is 388 g/mol. The predicted molar refractivity (Wildman–Crippen MR) is 118 cm³/mol. The number of ether oxygens (including phenoxy) is 1. The van der Waals surface area contributed by atoms with Crippen molar-refractivity contribution in [2.75, 3.05) is 29.9 Å². The molecule has 3 rings (SSSR count). The van der Waals surface area contributed by atoms with E-state index < -0.39 is 0 Å². The van der Waals surface area contributed by atoms with Crippen LogP contribution in [0, 0.1) is 6.92 Å². The zero-order valence-corrected chi connectivity index (χ0v) is 18.1. The molecule has 0 bridgehead atoms. The van der Waals surface area contributed by atoms with Crippen LogP contribution in [-0.2, 0) is 11.3 Å². The summed E-state index contributed by atoms with van der Waals surface area (Å²) in [6.07, 6.45) is 2.14. The van der Waals surface area contributed by atoms with Crippen LogP contribution in [0.3, 0.4) is 0 Å². The van der Waals surface area contributed by atoms with Crippen LogP contribution in [0.15, 0.2) is 30.3 Å². The molecule has 1 aliphatic rings. The van der Waals surface area contributed by atoms with Gasteiger partial charge in [0.25, 0.3) is 0 Å². The number of halogens is 1. The molecule has 1 aromatic heterocycles. The zero-order valence-electron chi connectivity index (χ0n) is 17.3. The van der Waals surface area contributed by atoms with Gasteiger partial charge in [0.2, 0.25) is 5.91 Å². The van der Waals surface area contributed by atoms with E-state index in [0.717, 1.165) is 49.4 Å². The predicted octanol–water partition coefficient (Wildman–Crippen LogP) is 4.16. The molecule has 1 saturated heterocycles. The Hall–Kier alpha value is -2.31. The summed E-state index contributed by atoms with van der Waals surface area (Å²) in [4.78, 5) is 18.4. The van der Waals surface area contributed by atoms with Crippen LogP contribution in [-0.4, -0.2) is 36.6 Å². The number of pyridine rings is 1. The molecule has 2 heterocycles. The van der Waals surface area contributed by atoms with Crippen molar-refractivity contribution in [3.05, 3.63) is 46.6 Å². The molecule has 0 unspecified atom stereocenters. The second-order valence-electron chi connectivity index (χ2n) is 7.29. The molecule has 1 aliphatic heterocycles. The lowest BCUT2D eigenvalue weighted by Gasteiger charge is -2.37. The summed E-state index contributed by atoms with van der Waals surface area (Å²) in [5, 5.41) is 6.82. The molecule has 2 N–H and O–H groups in total. The minimum absolute atomic E-state index is 0.121. The summed E-state index contributed by atoms with van der Waals surface area (Å²) < 4.78 is 5.67. The first kappa shape index (κ1) is 21.4. The smallest absolute Gasteiger partial charge is 0.222 e. The van der Waals surface area contributed by atoms with E-state index in [-0.39, 0.29) is 5.91 Å². The van der Waals surface area contributed by atoms with Gasteiger partial charge in [-0.3, -0.25) is 4.79 Å². The number of carbonyl (C=O) groups is 1. The number of aryl methyl sites for hydroxylation is 1. The SMILES string of the molecule is CCOc1cc(CN(c2ccc(NC(C)=O)nc2C)C2CCNCC2)ccc1Cl. The van der Waals surface area contributed by atoms with E-state index in [1.165, 1.54) is 6.92 Å². The number of amides is 1. The summed E-state index contributed by atoms with van der Waals surface area (Å²) in [6.45, 7) is 8.75. The van der Waals surface area contributed by atoms with Gasteiger partial charge in [-0.1, -0.05) is 17.7 Å². The molecule has 0 saturated carbocycles. The van der Waals surface area contributed by atoms with Crippen LogP contribution < -0.4 is 20.3 Å². The van der Waals surface area contributed by atoms with Crippen molar-refractivity contribution in [3.8, 4) is 5.75 Å². The molecular formula is C22H29ClN4O2. The number of piperidine rings is 1. The van der Waals surface area contributed by atoms with E-state index in [1.54, 1.807) is 0 Å². The Morgan fingerprint density at radius 3 is 2.72 bits per heavy atom. The Labute approximate surface area is 177 Å². The highest BCUT2D eigenvalue weighted by molar-refractivity contribution is 6.32. The molecule has 7 heteroatoms. The number of carbonyl (C=O) groups excluding carboxylic acids is 1. The van der Waals surface area contributed by atoms with Crippen LogP contribution in [0.2, 0.25) is 5.02 Å². The first-order valence-electron chi connectivity index (χ1n) is 10.1. The molecule has 0 spiro atoms. The number of benzene rings is 1. The third kappa shape index (κ3) is 5.61. The van der Waals surface area contributed by atoms with E-state index in [9.17, 15) is 4.79 Å². The number of nitrogens with zero attached hydrogens (tertiary/aromatic N) is 2. The van der Waals surface area contributed by atoms with Crippen molar-refractivity contribution in [2.45, 2.75) is 46.2 Å². The Balaban J connectivity index is 1.91. The highest BCUT2D eigenvalue weighted by Crippen LogP contribution is 2.31. The number of anilines is 2. The topological polar surface area (TPSA) is 66.5 Å². The van der Waals surface area contributed by atoms with Gasteiger partial charge >= 0.3 is 0 Å². The number of aromatic nitrogens is 1. The van der Waals surface area contributed by atoms with Crippen molar-refractivity contribution in [2.24, 2.45) is 0 Å².